The first kappa shape index (κ1) is 14.3. The summed E-state index contributed by atoms with van der Waals surface area (Å²) >= 11 is 0. The summed E-state index contributed by atoms with van der Waals surface area (Å²) in [6, 6.07) is 17.5. The number of carboxylic acids is 1. The number of aryl methyl sites for hydroxylation is 1. The van der Waals surface area contributed by atoms with Gasteiger partial charge >= 0.3 is 5.97 Å². The Morgan fingerprint density at radius 1 is 1.00 bits per heavy atom. The summed E-state index contributed by atoms with van der Waals surface area (Å²) in [4.78, 5) is 10.9. The minimum absolute atomic E-state index is 0.341. The predicted molar refractivity (Wildman–Crippen MR) is 79.9 cm³/mol. The molecular formula is C17H19NO2. The molecule has 2 aromatic carbocycles. The molecule has 0 aliphatic heterocycles. The van der Waals surface area contributed by atoms with Crippen LogP contribution in [0.2, 0.25) is 0 Å². The molecule has 0 bridgehead atoms. The van der Waals surface area contributed by atoms with Gasteiger partial charge in [-0.1, -0.05) is 42.5 Å². The lowest BCUT2D eigenvalue weighted by Crippen LogP contribution is -2.15. The van der Waals surface area contributed by atoms with E-state index in [1.807, 2.05) is 12.1 Å². The van der Waals surface area contributed by atoms with E-state index in [9.17, 15) is 4.79 Å². The van der Waals surface area contributed by atoms with Crippen LogP contribution in [0, 0.1) is 0 Å². The van der Waals surface area contributed by atoms with Gasteiger partial charge in [-0.2, -0.15) is 0 Å². The maximum absolute atomic E-state index is 10.9. The number of carbonyl (C=O) groups is 1. The zero-order valence-electron chi connectivity index (χ0n) is 11.4. The highest BCUT2D eigenvalue weighted by molar-refractivity contribution is 5.87. The Hall–Kier alpha value is -2.13. The molecule has 2 aromatic rings. The van der Waals surface area contributed by atoms with Crippen LogP contribution in [-0.4, -0.2) is 17.6 Å². The van der Waals surface area contributed by atoms with Crippen molar-refractivity contribution in [1.29, 1.82) is 0 Å². The van der Waals surface area contributed by atoms with E-state index in [2.05, 4.69) is 29.6 Å². The average molecular weight is 269 g/mol. The fraction of sp³-hybridized carbons (Fsp3) is 0.235. The minimum atomic E-state index is -0.879. The Kier molecular flexibility index (Phi) is 5.33. The molecule has 2 rings (SSSR count). The van der Waals surface area contributed by atoms with Gasteiger partial charge in [0.2, 0.25) is 0 Å². The van der Waals surface area contributed by atoms with Crippen LogP contribution < -0.4 is 5.32 Å². The normalized spacial score (nSPS) is 10.4. The summed E-state index contributed by atoms with van der Waals surface area (Å²) in [5, 5.41) is 12.3. The third-order valence-corrected chi connectivity index (χ3v) is 3.16. The number of rotatable bonds is 7. The quantitative estimate of drug-likeness (QED) is 0.759. The molecule has 0 saturated carbocycles. The van der Waals surface area contributed by atoms with E-state index < -0.39 is 5.97 Å². The first-order valence-corrected chi connectivity index (χ1v) is 6.82. The zero-order chi connectivity index (χ0) is 14.2. The van der Waals surface area contributed by atoms with Crippen molar-refractivity contribution in [1.82, 2.24) is 5.32 Å². The molecule has 3 heteroatoms. The summed E-state index contributed by atoms with van der Waals surface area (Å²) < 4.78 is 0. The molecule has 0 aromatic heterocycles. The van der Waals surface area contributed by atoms with Crippen LogP contribution in [0.1, 0.15) is 27.9 Å². The van der Waals surface area contributed by atoms with Crippen LogP contribution in [0.4, 0.5) is 0 Å². The monoisotopic (exact) mass is 269 g/mol. The van der Waals surface area contributed by atoms with Crippen molar-refractivity contribution in [3.63, 3.8) is 0 Å². The van der Waals surface area contributed by atoms with E-state index in [1.165, 1.54) is 5.56 Å². The Morgan fingerprint density at radius 3 is 2.50 bits per heavy atom. The maximum Gasteiger partial charge on any atom is 0.335 e. The fourth-order valence-electron chi connectivity index (χ4n) is 2.11. The second kappa shape index (κ2) is 7.46. The Bertz CT molecular complexity index is 552. The van der Waals surface area contributed by atoms with Crippen LogP contribution in [0.5, 0.6) is 0 Å². The second-order valence-electron chi connectivity index (χ2n) is 4.77. The molecule has 0 radical (unpaired) electrons. The van der Waals surface area contributed by atoms with Crippen LogP contribution in [0.15, 0.2) is 54.6 Å². The lowest BCUT2D eigenvalue weighted by Gasteiger charge is -2.06. The molecule has 0 aliphatic carbocycles. The highest BCUT2D eigenvalue weighted by Crippen LogP contribution is 2.05. The summed E-state index contributed by atoms with van der Waals surface area (Å²) in [7, 11) is 0. The molecule has 0 atom stereocenters. The topological polar surface area (TPSA) is 49.3 Å². The molecule has 0 fully saturated rings. The first-order valence-electron chi connectivity index (χ1n) is 6.82. The van der Waals surface area contributed by atoms with E-state index in [0.29, 0.717) is 12.1 Å². The summed E-state index contributed by atoms with van der Waals surface area (Å²) in [5.74, 6) is -0.879. The molecule has 0 aliphatic rings. The highest BCUT2D eigenvalue weighted by Gasteiger charge is 2.02. The van der Waals surface area contributed by atoms with Crippen molar-refractivity contribution in [2.75, 3.05) is 6.54 Å². The van der Waals surface area contributed by atoms with Crippen LogP contribution >= 0.6 is 0 Å². The summed E-state index contributed by atoms with van der Waals surface area (Å²) in [6.45, 7) is 1.63. The molecule has 0 amide bonds. The zero-order valence-corrected chi connectivity index (χ0v) is 11.4. The standard InChI is InChI=1S/C17H19NO2/c19-17(20)16-10-4-8-15(12-16)13-18-11-5-9-14-6-2-1-3-7-14/h1-4,6-8,10,12,18H,5,9,11,13H2,(H,19,20). The summed E-state index contributed by atoms with van der Waals surface area (Å²) in [5.41, 5.74) is 2.69. The van der Waals surface area contributed by atoms with Gasteiger partial charge in [0, 0.05) is 6.54 Å². The van der Waals surface area contributed by atoms with E-state index >= 15 is 0 Å². The summed E-state index contributed by atoms with van der Waals surface area (Å²) in [6.07, 6.45) is 2.13. The Labute approximate surface area is 119 Å². The van der Waals surface area contributed by atoms with Gasteiger partial charge in [0.25, 0.3) is 0 Å². The third kappa shape index (κ3) is 4.52. The van der Waals surface area contributed by atoms with Crippen LogP contribution in [0.25, 0.3) is 0 Å². The lowest BCUT2D eigenvalue weighted by atomic mass is 10.1. The van der Waals surface area contributed by atoms with E-state index in [1.54, 1.807) is 18.2 Å². The molecule has 2 N–H and O–H groups in total. The number of aromatic carboxylic acids is 1. The number of benzene rings is 2. The molecule has 0 spiro atoms. The third-order valence-electron chi connectivity index (χ3n) is 3.16. The maximum atomic E-state index is 10.9. The minimum Gasteiger partial charge on any atom is -0.478 e. The smallest absolute Gasteiger partial charge is 0.335 e. The number of hydrogen-bond acceptors (Lipinski definition) is 2. The second-order valence-corrected chi connectivity index (χ2v) is 4.77. The molecule has 3 nitrogen and oxygen atoms in total. The largest absolute Gasteiger partial charge is 0.478 e. The Balaban J connectivity index is 1.71. The first-order chi connectivity index (χ1) is 9.75. The average Bonchev–Trinajstić information content (AvgIpc) is 2.48. The molecule has 0 heterocycles. The van der Waals surface area contributed by atoms with Crippen LogP contribution in [0.3, 0.4) is 0 Å². The highest BCUT2D eigenvalue weighted by atomic mass is 16.4. The van der Waals surface area contributed by atoms with E-state index in [0.717, 1.165) is 24.9 Å². The van der Waals surface area contributed by atoms with Gasteiger partial charge in [0.15, 0.2) is 0 Å². The Morgan fingerprint density at radius 2 is 1.75 bits per heavy atom. The molecule has 20 heavy (non-hydrogen) atoms. The van der Waals surface area contributed by atoms with E-state index in [4.69, 9.17) is 5.11 Å². The molecule has 0 unspecified atom stereocenters. The van der Waals surface area contributed by atoms with Gasteiger partial charge < -0.3 is 10.4 Å². The van der Waals surface area contributed by atoms with Gasteiger partial charge in [0.1, 0.15) is 0 Å². The van der Waals surface area contributed by atoms with Crippen molar-refractivity contribution in [2.24, 2.45) is 0 Å². The molecular weight excluding hydrogens is 250 g/mol. The number of carboxylic acid groups (broad SMARTS) is 1. The number of hydrogen-bond donors (Lipinski definition) is 2. The molecule has 104 valence electrons. The van der Waals surface area contributed by atoms with Crippen molar-refractivity contribution < 1.29 is 9.90 Å². The van der Waals surface area contributed by atoms with Gasteiger partial charge in [-0.25, -0.2) is 4.79 Å². The van der Waals surface area contributed by atoms with Crippen molar-refractivity contribution >= 4 is 5.97 Å². The van der Waals surface area contributed by atoms with Crippen LogP contribution in [-0.2, 0) is 13.0 Å². The van der Waals surface area contributed by atoms with Gasteiger partial charge in [-0.15, -0.1) is 0 Å². The van der Waals surface area contributed by atoms with Gasteiger partial charge in [-0.05, 0) is 42.6 Å². The predicted octanol–water partition coefficient (Wildman–Crippen LogP) is 3.11. The van der Waals surface area contributed by atoms with Crippen molar-refractivity contribution in [3.8, 4) is 0 Å². The van der Waals surface area contributed by atoms with Crippen molar-refractivity contribution in [2.45, 2.75) is 19.4 Å². The number of nitrogens with one attached hydrogen (secondary N) is 1. The SMILES string of the molecule is O=C(O)c1cccc(CNCCCc2ccccc2)c1. The van der Waals surface area contributed by atoms with Gasteiger partial charge in [0.05, 0.1) is 5.56 Å². The van der Waals surface area contributed by atoms with E-state index in [-0.39, 0.29) is 0 Å². The van der Waals surface area contributed by atoms with Gasteiger partial charge in [-0.3, -0.25) is 0 Å². The fourth-order valence-corrected chi connectivity index (χ4v) is 2.11. The molecule has 0 saturated heterocycles. The van der Waals surface area contributed by atoms with Crippen molar-refractivity contribution in [3.05, 3.63) is 71.3 Å². The lowest BCUT2D eigenvalue weighted by molar-refractivity contribution is 0.0696.